The molecule has 13 nitrogen and oxygen atoms in total. The van der Waals surface area contributed by atoms with E-state index in [1.165, 1.54) is 41.6 Å². The molecule has 0 atom stereocenters. The molecule has 0 saturated carbocycles. The first-order valence-corrected chi connectivity index (χ1v) is 12.1. The first kappa shape index (κ1) is 25.6. The summed E-state index contributed by atoms with van der Waals surface area (Å²) in [6.07, 6.45) is 8.20. The molecule has 39 heavy (non-hydrogen) atoms. The van der Waals surface area contributed by atoms with E-state index in [9.17, 15) is 19.7 Å². The average molecular weight is 528 g/mol. The number of carbonyl (C=O) groups excluding carboxylic acids is 1. The molecule has 5 rings (SSSR count). The van der Waals surface area contributed by atoms with Gasteiger partial charge in [0.2, 0.25) is 0 Å². The summed E-state index contributed by atoms with van der Waals surface area (Å²) >= 11 is 0. The highest BCUT2D eigenvalue weighted by Crippen LogP contribution is 2.33. The van der Waals surface area contributed by atoms with Crippen LogP contribution >= 0.6 is 0 Å². The van der Waals surface area contributed by atoms with Crippen molar-refractivity contribution in [2.45, 2.75) is 0 Å². The smallest absolute Gasteiger partial charge is 0.294 e. The summed E-state index contributed by atoms with van der Waals surface area (Å²) < 4.78 is 1.33. The molecule has 0 amide bonds. The number of likely N-dealkylation sites (N-methyl/N-ethyl adjacent to an activating group) is 1. The fourth-order valence-electron chi connectivity index (χ4n) is 4.46. The fraction of sp³-hybridized carbons (Fsp3) is 0.231. The zero-order valence-electron chi connectivity index (χ0n) is 21.3. The molecule has 1 N–H and O–H groups in total. The number of nitrogens with one attached hydrogen (secondary N) is 1. The molecule has 1 saturated heterocycles. The highest BCUT2D eigenvalue weighted by molar-refractivity contribution is 5.93. The van der Waals surface area contributed by atoms with Gasteiger partial charge in [0.05, 0.1) is 22.4 Å². The number of piperazine rings is 1. The zero-order valence-corrected chi connectivity index (χ0v) is 21.3. The lowest BCUT2D eigenvalue weighted by Gasteiger charge is -2.33. The Hall–Kier alpha value is -5.04. The van der Waals surface area contributed by atoms with Crippen molar-refractivity contribution in [3.63, 3.8) is 0 Å². The summed E-state index contributed by atoms with van der Waals surface area (Å²) in [5.41, 5.74) is 2.11. The first-order chi connectivity index (χ1) is 18.9. The van der Waals surface area contributed by atoms with Crippen LogP contribution < -0.4 is 15.8 Å². The van der Waals surface area contributed by atoms with E-state index in [1.54, 1.807) is 25.2 Å². The Morgan fingerprint density at radius 2 is 1.82 bits per heavy atom. The summed E-state index contributed by atoms with van der Waals surface area (Å²) in [6, 6.07) is 6.39. The summed E-state index contributed by atoms with van der Waals surface area (Å²) in [5, 5.41) is 14.9. The van der Waals surface area contributed by atoms with Crippen molar-refractivity contribution in [3.05, 3.63) is 81.3 Å². The van der Waals surface area contributed by atoms with Crippen LogP contribution in [0.15, 0.2) is 60.0 Å². The van der Waals surface area contributed by atoms with Crippen LogP contribution in [0.1, 0.15) is 10.4 Å². The number of nitro benzene ring substituents is 1. The average Bonchev–Trinajstić information content (AvgIpc) is 2.95. The van der Waals surface area contributed by atoms with Gasteiger partial charge in [0.25, 0.3) is 11.2 Å². The second kappa shape index (κ2) is 10.8. The van der Waals surface area contributed by atoms with Gasteiger partial charge in [0.15, 0.2) is 12.1 Å². The predicted octanol–water partition coefficient (Wildman–Crippen LogP) is 2.52. The van der Waals surface area contributed by atoms with E-state index in [-0.39, 0.29) is 17.1 Å². The highest BCUT2D eigenvalue weighted by Gasteiger charge is 2.24. The van der Waals surface area contributed by atoms with Crippen molar-refractivity contribution >= 4 is 29.2 Å². The third-order valence-corrected chi connectivity index (χ3v) is 6.54. The first-order valence-electron chi connectivity index (χ1n) is 12.1. The van der Waals surface area contributed by atoms with Crippen LogP contribution in [-0.4, -0.2) is 73.8 Å². The molecule has 1 aliphatic rings. The Labute approximate surface area is 223 Å². The molecule has 4 aromatic rings. The molecule has 0 unspecified atom stereocenters. The SMILES string of the molecule is CN1CCN(c2ccc(Nc3nc(-c4ccnc(-c5cnccn5)c4C=O)cn(C)c3=O)cc2[N+](=O)[O-])CC1. The number of anilines is 3. The normalized spacial score (nSPS) is 13.7. The molecule has 0 spiro atoms. The van der Waals surface area contributed by atoms with E-state index in [2.05, 4.69) is 30.2 Å². The molecule has 198 valence electrons. The number of pyridine rings is 1. The molecule has 1 fully saturated rings. The minimum absolute atomic E-state index is 0.0497. The highest BCUT2D eigenvalue weighted by atomic mass is 16.6. The second-order valence-electron chi connectivity index (χ2n) is 9.10. The van der Waals surface area contributed by atoms with Crippen molar-refractivity contribution in [3.8, 4) is 22.6 Å². The van der Waals surface area contributed by atoms with Crippen LogP contribution in [0, 0.1) is 10.1 Å². The minimum atomic E-state index is -0.444. The number of nitrogens with zero attached hydrogens (tertiary/aromatic N) is 8. The van der Waals surface area contributed by atoms with E-state index in [0.717, 1.165) is 13.1 Å². The molecule has 13 heteroatoms. The Morgan fingerprint density at radius 3 is 2.51 bits per heavy atom. The van der Waals surface area contributed by atoms with Gasteiger partial charge in [-0.15, -0.1) is 0 Å². The summed E-state index contributed by atoms with van der Waals surface area (Å²) in [5.74, 6) is -0.0497. The van der Waals surface area contributed by atoms with Crippen LogP contribution in [-0.2, 0) is 7.05 Å². The van der Waals surface area contributed by atoms with Gasteiger partial charge in [-0.2, -0.15) is 0 Å². The van der Waals surface area contributed by atoms with Gasteiger partial charge in [-0.1, -0.05) is 0 Å². The zero-order chi connectivity index (χ0) is 27.5. The molecule has 0 bridgehead atoms. The quantitative estimate of drug-likeness (QED) is 0.214. The largest absolute Gasteiger partial charge is 0.363 e. The maximum Gasteiger partial charge on any atom is 0.294 e. The van der Waals surface area contributed by atoms with Crippen LogP contribution in [0.4, 0.5) is 22.9 Å². The summed E-state index contributed by atoms with van der Waals surface area (Å²) in [4.78, 5) is 57.8. The van der Waals surface area contributed by atoms with Crippen LogP contribution in [0.5, 0.6) is 0 Å². The van der Waals surface area contributed by atoms with Gasteiger partial charge < -0.3 is 19.7 Å². The van der Waals surface area contributed by atoms with Crippen LogP contribution in [0.2, 0.25) is 0 Å². The number of hydrogen-bond donors (Lipinski definition) is 1. The van der Waals surface area contributed by atoms with E-state index >= 15 is 0 Å². The fourth-order valence-corrected chi connectivity index (χ4v) is 4.46. The van der Waals surface area contributed by atoms with E-state index in [1.807, 2.05) is 11.9 Å². The minimum Gasteiger partial charge on any atom is -0.363 e. The number of hydrogen-bond acceptors (Lipinski definition) is 11. The van der Waals surface area contributed by atoms with E-state index in [4.69, 9.17) is 0 Å². The van der Waals surface area contributed by atoms with E-state index < -0.39 is 10.5 Å². The molecule has 0 aliphatic carbocycles. The summed E-state index contributed by atoms with van der Waals surface area (Å²) in [7, 11) is 3.57. The van der Waals surface area contributed by atoms with Crippen molar-refractivity contribution in [1.29, 1.82) is 0 Å². The molecule has 3 aromatic heterocycles. The van der Waals surface area contributed by atoms with Crippen molar-refractivity contribution < 1.29 is 9.72 Å². The van der Waals surface area contributed by atoms with E-state index in [0.29, 0.717) is 53.4 Å². The maximum atomic E-state index is 13.0. The van der Waals surface area contributed by atoms with Gasteiger partial charge in [0, 0.05) is 75.3 Å². The van der Waals surface area contributed by atoms with Gasteiger partial charge in [0.1, 0.15) is 17.1 Å². The standard InChI is InChI=1S/C26H25N9O4/c1-32-9-11-34(12-10-32)22-4-3-17(13-23(22)35(38)39)30-25-26(37)33(2)15-21(31-25)18-5-6-29-24(19(18)16-36)20-14-27-7-8-28-20/h3-8,13-16H,9-12H2,1-2H3,(H,30,31). The van der Waals surface area contributed by atoms with Crippen LogP contribution in [0.25, 0.3) is 22.6 Å². The lowest BCUT2D eigenvalue weighted by Crippen LogP contribution is -2.44. The lowest BCUT2D eigenvalue weighted by atomic mass is 10.0. The number of nitro groups is 1. The Bertz CT molecular complexity index is 1600. The Balaban J connectivity index is 1.52. The van der Waals surface area contributed by atoms with Crippen molar-refractivity contribution in [1.82, 2.24) is 29.4 Å². The molecule has 0 radical (unpaired) electrons. The Morgan fingerprint density at radius 1 is 1.03 bits per heavy atom. The number of carbonyl (C=O) groups is 1. The molecule has 1 aliphatic heterocycles. The number of aldehydes is 1. The van der Waals surface area contributed by atoms with Crippen molar-refractivity contribution in [2.75, 3.05) is 43.4 Å². The van der Waals surface area contributed by atoms with Gasteiger partial charge in [-0.3, -0.25) is 34.7 Å². The summed E-state index contributed by atoms with van der Waals surface area (Å²) in [6.45, 7) is 2.96. The number of rotatable bonds is 7. The molecular formula is C26H25N9O4. The molecule has 4 heterocycles. The number of benzene rings is 1. The van der Waals surface area contributed by atoms with Crippen LogP contribution in [0.3, 0.4) is 0 Å². The monoisotopic (exact) mass is 527 g/mol. The third kappa shape index (κ3) is 5.20. The van der Waals surface area contributed by atoms with Gasteiger partial charge in [-0.05, 0) is 25.2 Å². The topological polar surface area (TPSA) is 152 Å². The van der Waals surface area contributed by atoms with Gasteiger partial charge >= 0.3 is 0 Å². The predicted molar refractivity (Wildman–Crippen MR) is 145 cm³/mol. The maximum absolute atomic E-state index is 13.0. The van der Waals surface area contributed by atoms with Gasteiger partial charge in [-0.25, -0.2) is 4.98 Å². The molecular weight excluding hydrogens is 502 g/mol. The number of aryl methyl sites for hydroxylation is 1. The van der Waals surface area contributed by atoms with Crippen molar-refractivity contribution in [2.24, 2.45) is 7.05 Å². The second-order valence-corrected chi connectivity index (χ2v) is 9.10. The number of aromatic nitrogens is 5. The molecule has 1 aromatic carbocycles. The third-order valence-electron chi connectivity index (χ3n) is 6.54. The lowest BCUT2D eigenvalue weighted by molar-refractivity contribution is -0.384. The Kier molecular flexibility index (Phi) is 7.06.